The number of nitrogens with zero attached hydrogens (tertiary/aromatic N) is 2. The fourth-order valence-corrected chi connectivity index (χ4v) is 2.68. The molecule has 0 spiro atoms. The van der Waals surface area contributed by atoms with Gasteiger partial charge in [0.2, 0.25) is 11.2 Å². The number of hydrogen-bond acceptors (Lipinski definition) is 3. The van der Waals surface area contributed by atoms with Crippen molar-refractivity contribution in [1.29, 1.82) is 0 Å². The number of hydrogen-bond donors (Lipinski definition) is 1. The van der Waals surface area contributed by atoms with E-state index in [1.165, 1.54) is 0 Å². The van der Waals surface area contributed by atoms with Crippen LogP contribution in [0, 0.1) is 6.92 Å². The molecule has 0 radical (unpaired) electrons. The van der Waals surface area contributed by atoms with Crippen LogP contribution in [0.5, 0.6) is 0 Å². The monoisotopic (exact) mass is 351 g/mol. The van der Waals surface area contributed by atoms with E-state index in [4.69, 9.17) is 11.6 Å². The third-order valence-electron chi connectivity index (χ3n) is 3.87. The number of amides is 1. The molecule has 0 saturated heterocycles. The SMILES string of the molecule is Cc1cnc(Cl)nc1-c1ccc(NC(=O)CCc2ccccc2)cc1. The minimum Gasteiger partial charge on any atom is -0.326 e. The molecule has 126 valence electrons. The zero-order valence-electron chi connectivity index (χ0n) is 13.9. The summed E-state index contributed by atoms with van der Waals surface area (Å²) in [4.78, 5) is 20.3. The molecule has 25 heavy (non-hydrogen) atoms. The first-order valence-electron chi connectivity index (χ1n) is 8.05. The number of carbonyl (C=O) groups is 1. The van der Waals surface area contributed by atoms with Crippen LogP contribution in [-0.4, -0.2) is 15.9 Å². The summed E-state index contributed by atoms with van der Waals surface area (Å²) in [5.41, 5.74) is 4.60. The van der Waals surface area contributed by atoms with E-state index in [-0.39, 0.29) is 11.2 Å². The second-order valence-corrected chi connectivity index (χ2v) is 6.12. The zero-order chi connectivity index (χ0) is 17.6. The van der Waals surface area contributed by atoms with Gasteiger partial charge in [-0.2, -0.15) is 0 Å². The standard InChI is InChI=1S/C20H18ClN3O/c1-14-13-22-20(21)24-19(14)16-8-10-17(11-9-16)23-18(25)12-7-15-5-3-2-4-6-15/h2-6,8-11,13H,7,12H2,1H3,(H,23,25). The van der Waals surface area contributed by atoms with Crippen molar-refractivity contribution in [2.45, 2.75) is 19.8 Å². The van der Waals surface area contributed by atoms with Crippen molar-refractivity contribution in [2.75, 3.05) is 5.32 Å². The maximum absolute atomic E-state index is 12.1. The van der Waals surface area contributed by atoms with E-state index < -0.39 is 0 Å². The van der Waals surface area contributed by atoms with Crippen LogP contribution in [0.1, 0.15) is 17.5 Å². The topological polar surface area (TPSA) is 54.9 Å². The van der Waals surface area contributed by atoms with E-state index in [2.05, 4.69) is 15.3 Å². The van der Waals surface area contributed by atoms with E-state index in [1.807, 2.05) is 61.5 Å². The fraction of sp³-hybridized carbons (Fsp3) is 0.150. The normalized spacial score (nSPS) is 10.5. The van der Waals surface area contributed by atoms with Gasteiger partial charge < -0.3 is 5.32 Å². The number of rotatable bonds is 5. The van der Waals surface area contributed by atoms with Gasteiger partial charge in [0, 0.05) is 23.9 Å². The van der Waals surface area contributed by atoms with Crippen LogP contribution >= 0.6 is 11.6 Å². The van der Waals surface area contributed by atoms with Crippen molar-refractivity contribution < 1.29 is 4.79 Å². The lowest BCUT2D eigenvalue weighted by atomic mass is 10.1. The van der Waals surface area contributed by atoms with Gasteiger partial charge in [-0.3, -0.25) is 4.79 Å². The number of aryl methyl sites for hydroxylation is 2. The molecule has 1 amide bonds. The molecule has 1 N–H and O–H groups in total. The Kier molecular flexibility index (Phi) is 5.41. The quantitative estimate of drug-likeness (QED) is 0.679. The number of anilines is 1. The smallest absolute Gasteiger partial charge is 0.224 e. The van der Waals surface area contributed by atoms with Crippen molar-refractivity contribution in [1.82, 2.24) is 9.97 Å². The number of benzene rings is 2. The number of nitrogens with one attached hydrogen (secondary N) is 1. The van der Waals surface area contributed by atoms with E-state index in [1.54, 1.807) is 6.20 Å². The zero-order valence-corrected chi connectivity index (χ0v) is 14.6. The predicted molar refractivity (Wildman–Crippen MR) is 101 cm³/mol. The first kappa shape index (κ1) is 17.1. The molecule has 0 aliphatic heterocycles. The van der Waals surface area contributed by atoms with E-state index >= 15 is 0 Å². The molecule has 0 fully saturated rings. The number of aromatic nitrogens is 2. The molecule has 0 aliphatic carbocycles. The molecular formula is C20H18ClN3O. The summed E-state index contributed by atoms with van der Waals surface area (Å²) >= 11 is 5.87. The Morgan fingerprint density at radius 2 is 1.80 bits per heavy atom. The van der Waals surface area contributed by atoms with Gasteiger partial charge in [0.15, 0.2) is 0 Å². The van der Waals surface area contributed by atoms with Crippen molar-refractivity contribution >= 4 is 23.2 Å². The van der Waals surface area contributed by atoms with Gasteiger partial charge >= 0.3 is 0 Å². The van der Waals surface area contributed by atoms with Crippen molar-refractivity contribution in [3.05, 3.63) is 77.2 Å². The lowest BCUT2D eigenvalue weighted by molar-refractivity contribution is -0.116. The highest BCUT2D eigenvalue weighted by molar-refractivity contribution is 6.28. The molecular weight excluding hydrogens is 334 g/mol. The van der Waals surface area contributed by atoms with Crippen molar-refractivity contribution in [2.24, 2.45) is 0 Å². The molecule has 2 aromatic carbocycles. The van der Waals surface area contributed by atoms with Crippen LogP contribution in [0.25, 0.3) is 11.3 Å². The predicted octanol–water partition coefficient (Wildman–Crippen LogP) is 4.68. The van der Waals surface area contributed by atoms with E-state index in [9.17, 15) is 4.79 Å². The van der Waals surface area contributed by atoms with Gasteiger partial charge in [0.05, 0.1) is 5.69 Å². The second-order valence-electron chi connectivity index (χ2n) is 5.78. The third kappa shape index (κ3) is 4.64. The summed E-state index contributed by atoms with van der Waals surface area (Å²) in [5.74, 6) is -0.00198. The molecule has 4 nitrogen and oxygen atoms in total. The van der Waals surface area contributed by atoms with Gasteiger partial charge in [-0.05, 0) is 48.2 Å². The average molecular weight is 352 g/mol. The van der Waals surface area contributed by atoms with Gasteiger partial charge in [0.25, 0.3) is 0 Å². The minimum atomic E-state index is -0.00198. The van der Waals surface area contributed by atoms with Gasteiger partial charge in [-0.25, -0.2) is 9.97 Å². The largest absolute Gasteiger partial charge is 0.326 e. The fourth-order valence-electron chi connectivity index (χ4n) is 2.55. The van der Waals surface area contributed by atoms with Crippen molar-refractivity contribution in [3.8, 4) is 11.3 Å². The average Bonchev–Trinajstić information content (AvgIpc) is 2.64. The molecule has 0 bridgehead atoms. The van der Waals surface area contributed by atoms with Crippen LogP contribution in [-0.2, 0) is 11.2 Å². The Balaban J connectivity index is 1.62. The number of halogens is 1. The summed E-state index contributed by atoms with van der Waals surface area (Å²) in [5, 5.41) is 3.14. The third-order valence-corrected chi connectivity index (χ3v) is 4.05. The number of carbonyl (C=O) groups excluding carboxylic acids is 1. The van der Waals surface area contributed by atoms with Crippen LogP contribution in [0.2, 0.25) is 5.28 Å². The second kappa shape index (κ2) is 7.90. The van der Waals surface area contributed by atoms with E-state index in [0.29, 0.717) is 6.42 Å². The summed E-state index contributed by atoms with van der Waals surface area (Å²) in [6.45, 7) is 1.94. The van der Waals surface area contributed by atoms with Gasteiger partial charge in [-0.15, -0.1) is 0 Å². The molecule has 3 aromatic rings. The highest BCUT2D eigenvalue weighted by atomic mass is 35.5. The Morgan fingerprint density at radius 1 is 1.08 bits per heavy atom. The Morgan fingerprint density at radius 3 is 2.52 bits per heavy atom. The summed E-state index contributed by atoms with van der Waals surface area (Å²) < 4.78 is 0. The highest BCUT2D eigenvalue weighted by Crippen LogP contribution is 2.23. The Hall–Kier alpha value is -2.72. The summed E-state index contributed by atoms with van der Waals surface area (Å²) in [7, 11) is 0. The molecule has 1 aromatic heterocycles. The molecule has 3 rings (SSSR count). The van der Waals surface area contributed by atoms with Crippen LogP contribution in [0.15, 0.2) is 60.8 Å². The minimum absolute atomic E-state index is 0.00198. The molecule has 5 heteroatoms. The molecule has 0 atom stereocenters. The van der Waals surface area contributed by atoms with Crippen LogP contribution in [0.4, 0.5) is 5.69 Å². The van der Waals surface area contributed by atoms with Gasteiger partial charge in [0.1, 0.15) is 0 Å². The maximum atomic E-state index is 12.1. The van der Waals surface area contributed by atoms with Crippen LogP contribution in [0.3, 0.4) is 0 Å². The molecule has 1 heterocycles. The summed E-state index contributed by atoms with van der Waals surface area (Å²) in [6.07, 6.45) is 2.87. The molecule has 0 unspecified atom stereocenters. The highest BCUT2D eigenvalue weighted by Gasteiger charge is 2.07. The first-order chi connectivity index (χ1) is 12.1. The summed E-state index contributed by atoms with van der Waals surface area (Å²) in [6, 6.07) is 17.5. The first-order valence-corrected chi connectivity index (χ1v) is 8.43. The molecule has 0 aliphatic rings. The Labute approximate surface area is 151 Å². The maximum Gasteiger partial charge on any atom is 0.224 e. The lowest BCUT2D eigenvalue weighted by Crippen LogP contribution is -2.12. The van der Waals surface area contributed by atoms with Gasteiger partial charge in [-0.1, -0.05) is 42.5 Å². The van der Waals surface area contributed by atoms with Crippen molar-refractivity contribution in [3.63, 3.8) is 0 Å². The molecule has 0 saturated carbocycles. The van der Waals surface area contributed by atoms with E-state index in [0.717, 1.165) is 34.5 Å². The Bertz CT molecular complexity index is 864. The lowest BCUT2D eigenvalue weighted by Gasteiger charge is -2.08. The van der Waals surface area contributed by atoms with Crippen LogP contribution < -0.4 is 5.32 Å².